The van der Waals surface area contributed by atoms with Gasteiger partial charge in [-0.15, -0.1) is 0 Å². The van der Waals surface area contributed by atoms with Crippen molar-refractivity contribution in [3.05, 3.63) is 205 Å². The van der Waals surface area contributed by atoms with Crippen LogP contribution < -0.4 is 10.6 Å². The van der Waals surface area contributed by atoms with Crippen molar-refractivity contribution < 1.29 is 4.42 Å². The highest BCUT2D eigenvalue weighted by Gasteiger charge is 2.26. The Kier molecular flexibility index (Phi) is 7.03. The predicted octanol–water partition coefficient (Wildman–Crippen LogP) is 12.1. The highest BCUT2D eigenvalue weighted by Crippen LogP contribution is 2.44. The Morgan fingerprint density at radius 3 is 1.95 bits per heavy atom. The molecule has 2 unspecified atom stereocenters. The zero-order valence-corrected chi connectivity index (χ0v) is 30.8. The third-order valence-corrected chi connectivity index (χ3v) is 11.6. The van der Waals surface area contributed by atoms with E-state index in [0.29, 0.717) is 0 Å². The first-order chi connectivity index (χ1) is 28.3. The number of hydrogen-bond donors (Lipinski definition) is 2. The molecule has 0 saturated carbocycles. The Labute approximate surface area is 327 Å². The van der Waals surface area contributed by atoms with Crippen LogP contribution in [0.25, 0.3) is 76.9 Å². The van der Waals surface area contributed by atoms with Crippen molar-refractivity contribution in [3.8, 4) is 11.4 Å². The molecule has 0 saturated heterocycles. The molecule has 0 fully saturated rings. The number of hydrogen-bond acceptors (Lipinski definition) is 4. The van der Waals surface area contributed by atoms with Gasteiger partial charge in [0.1, 0.15) is 29.3 Å². The van der Waals surface area contributed by atoms with Gasteiger partial charge in [-0.3, -0.25) is 5.32 Å². The second kappa shape index (κ2) is 12.6. The Hall–Kier alpha value is -7.41. The normalized spacial score (nSPS) is 15.9. The Morgan fingerprint density at radius 2 is 1.12 bits per heavy atom. The van der Waals surface area contributed by atoms with E-state index in [0.717, 1.165) is 77.9 Å². The SMILES string of the molecule is c1ccc(C2N=C(c3cccc(-n4c5ccccc5c5cc6c7ccc8oc9ccccc9c8c7n(-c7ccccc7)c6cc54)c3)NC(c3ccccc3)N2)cc1. The van der Waals surface area contributed by atoms with Gasteiger partial charge in [-0.25, -0.2) is 4.99 Å². The quantitative estimate of drug-likeness (QED) is 0.185. The van der Waals surface area contributed by atoms with Crippen LogP contribution in [-0.4, -0.2) is 15.0 Å². The molecule has 0 aliphatic carbocycles. The number of aromatic nitrogens is 2. The van der Waals surface area contributed by atoms with Gasteiger partial charge in [0.25, 0.3) is 0 Å². The molecule has 1 aliphatic heterocycles. The molecule has 3 aromatic heterocycles. The number of para-hydroxylation sites is 3. The highest BCUT2D eigenvalue weighted by atomic mass is 16.3. The monoisotopic (exact) mass is 733 g/mol. The van der Waals surface area contributed by atoms with Crippen molar-refractivity contribution in [1.82, 2.24) is 19.8 Å². The molecule has 2 N–H and O–H groups in total. The fraction of sp³-hybridized carbons (Fsp3) is 0.0392. The van der Waals surface area contributed by atoms with Crippen LogP contribution >= 0.6 is 0 Å². The first-order valence-electron chi connectivity index (χ1n) is 19.4. The standard InChI is InChI=1S/C51H35N5O/c1-4-15-32(16-5-1)49-52-50(33-17-6-2-7-18-33)54-51(53-49)34-19-14-22-36(29-34)55-42-25-12-10-23-37(42)40-30-41-38-27-28-46-47(39-24-11-13-26-45(39)57-46)48(38)56(44(41)31-43(40)55)35-20-8-3-9-21-35/h1-31,49-50,52H,(H,53,54). The number of fused-ring (bicyclic) bond motifs is 10. The van der Waals surface area contributed by atoms with Crippen LogP contribution in [0.3, 0.4) is 0 Å². The summed E-state index contributed by atoms with van der Waals surface area (Å²) in [6.45, 7) is 0. The molecule has 57 heavy (non-hydrogen) atoms. The van der Waals surface area contributed by atoms with Crippen molar-refractivity contribution in [3.63, 3.8) is 0 Å². The predicted molar refractivity (Wildman–Crippen MR) is 234 cm³/mol. The Balaban J connectivity index is 1.10. The van der Waals surface area contributed by atoms with Crippen molar-refractivity contribution in [2.45, 2.75) is 12.3 Å². The lowest BCUT2D eigenvalue weighted by atomic mass is 10.1. The van der Waals surface area contributed by atoms with Gasteiger partial charge in [0.05, 0.1) is 27.5 Å². The van der Waals surface area contributed by atoms with Gasteiger partial charge in [-0.05, 0) is 71.8 Å². The lowest BCUT2D eigenvalue weighted by molar-refractivity contribution is 0.409. The summed E-state index contributed by atoms with van der Waals surface area (Å²) >= 11 is 0. The van der Waals surface area contributed by atoms with Crippen molar-refractivity contribution in [1.29, 1.82) is 0 Å². The van der Waals surface area contributed by atoms with E-state index < -0.39 is 0 Å². The summed E-state index contributed by atoms with van der Waals surface area (Å²) in [6.07, 6.45) is -0.329. The van der Waals surface area contributed by atoms with Crippen LogP contribution in [0, 0.1) is 0 Å². The minimum Gasteiger partial charge on any atom is -0.456 e. The van der Waals surface area contributed by atoms with Crippen LogP contribution in [0.15, 0.2) is 197 Å². The van der Waals surface area contributed by atoms with E-state index >= 15 is 0 Å². The minimum atomic E-state index is -0.212. The van der Waals surface area contributed by atoms with E-state index in [2.05, 4.69) is 196 Å². The first-order valence-corrected chi connectivity index (χ1v) is 19.4. The van der Waals surface area contributed by atoms with E-state index in [1.165, 1.54) is 21.5 Å². The van der Waals surface area contributed by atoms with Gasteiger partial charge in [0.15, 0.2) is 0 Å². The summed E-state index contributed by atoms with van der Waals surface area (Å²) in [7, 11) is 0. The number of rotatable bonds is 5. The van der Waals surface area contributed by atoms with E-state index in [1.54, 1.807) is 0 Å². The largest absolute Gasteiger partial charge is 0.456 e. The summed E-state index contributed by atoms with van der Waals surface area (Å²) in [6, 6.07) is 66.7. The summed E-state index contributed by atoms with van der Waals surface area (Å²) in [5.41, 5.74) is 11.8. The van der Waals surface area contributed by atoms with Crippen molar-refractivity contribution in [2.75, 3.05) is 0 Å². The maximum atomic E-state index is 6.43. The number of amidine groups is 1. The molecule has 0 bridgehead atoms. The molecule has 6 heteroatoms. The molecule has 0 radical (unpaired) electrons. The van der Waals surface area contributed by atoms with Crippen LogP contribution in [0.2, 0.25) is 0 Å². The zero-order valence-electron chi connectivity index (χ0n) is 30.8. The van der Waals surface area contributed by atoms with Crippen LogP contribution in [-0.2, 0) is 0 Å². The Morgan fingerprint density at radius 1 is 0.456 bits per heavy atom. The van der Waals surface area contributed by atoms with Gasteiger partial charge >= 0.3 is 0 Å². The van der Waals surface area contributed by atoms with Crippen LogP contribution in [0.5, 0.6) is 0 Å². The summed E-state index contributed by atoms with van der Waals surface area (Å²) in [5.74, 6) is 0.849. The van der Waals surface area contributed by atoms with E-state index in [4.69, 9.17) is 9.41 Å². The van der Waals surface area contributed by atoms with E-state index in [9.17, 15) is 0 Å². The van der Waals surface area contributed by atoms with E-state index in [-0.39, 0.29) is 12.3 Å². The van der Waals surface area contributed by atoms with Gasteiger partial charge in [-0.2, -0.15) is 0 Å². The maximum Gasteiger partial charge on any atom is 0.137 e. The van der Waals surface area contributed by atoms with Crippen LogP contribution in [0.1, 0.15) is 29.0 Å². The smallest absolute Gasteiger partial charge is 0.137 e. The number of nitrogens with zero attached hydrogens (tertiary/aromatic N) is 3. The molecule has 8 aromatic carbocycles. The lowest BCUT2D eigenvalue weighted by Gasteiger charge is -2.32. The maximum absolute atomic E-state index is 6.43. The van der Waals surface area contributed by atoms with Crippen molar-refractivity contribution >= 4 is 71.4 Å². The fourth-order valence-corrected chi connectivity index (χ4v) is 9.02. The number of nitrogens with one attached hydrogen (secondary N) is 2. The molecule has 270 valence electrons. The van der Waals surface area contributed by atoms with Gasteiger partial charge in [-0.1, -0.05) is 127 Å². The number of furan rings is 1. The number of aliphatic imine (C=N–C) groups is 1. The third kappa shape index (κ3) is 4.98. The van der Waals surface area contributed by atoms with Gasteiger partial charge < -0.3 is 18.9 Å². The van der Waals surface area contributed by atoms with Crippen molar-refractivity contribution in [2.24, 2.45) is 4.99 Å². The molecule has 4 heterocycles. The summed E-state index contributed by atoms with van der Waals surface area (Å²) in [4.78, 5) is 5.27. The van der Waals surface area contributed by atoms with Gasteiger partial charge in [0.2, 0.25) is 0 Å². The summed E-state index contributed by atoms with van der Waals surface area (Å²) in [5, 5.41) is 14.5. The molecule has 11 aromatic rings. The first kappa shape index (κ1) is 31.9. The van der Waals surface area contributed by atoms with Crippen LogP contribution in [0.4, 0.5) is 0 Å². The molecule has 6 nitrogen and oxygen atoms in total. The Bertz CT molecular complexity index is 3360. The zero-order chi connectivity index (χ0) is 37.5. The average Bonchev–Trinajstić information content (AvgIpc) is 3.93. The molecule has 2 atom stereocenters. The number of benzene rings is 8. The highest BCUT2D eigenvalue weighted by molar-refractivity contribution is 6.27. The molecule has 1 aliphatic rings. The topological polar surface area (TPSA) is 59.4 Å². The molecule has 0 amide bonds. The fourth-order valence-electron chi connectivity index (χ4n) is 9.02. The van der Waals surface area contributed by atoms with Gasteiger partial charge in [0, 0.05) is 43.9 Å². The van der Waals surface area contributed by atoms with E-state index in [1.807, 2.05) is 12.1 Å². The molecule has 12 rings (SSSR count). The average molecular weight is 734 g/mol. The summed E-state index contributed by atoms with van der Waals surface area (Å²) < 4.78 is 11.3. The second-order valence-electron chi connectivity index (χ2n) is 14.8. The molecular weight excluding hydrogens is 699 g/mol. The lowest BCUT2D eigenvalue weighted by Crippen LogP contribution is -2.44. The minimum absolute atomic E-state index is 0.118. The molecule has 0 spiro atoms. The molecular formula is C51H35N5O. The third-order valence-electron chi connectivity index (χ3n) is 11.6. The second-order valence-corrected chi connectivity index (χ2v) is 14.8.